The minimum absolute atomic E-state index is 0.0195. The van der Waals surface area contributed by atoms with Gasteiger partial charge in [0.25, 0.3) is 11.6 Å². The third-order valence-corrected chi connectivity index (χ3v) is 4.77. The lowest BCUT2D eigenvalue weighted by Gasteiger charge is -2.16. The predicted octanol–water partition coefficient (Wildman–Crippen LogP) is 4.57. The summed E-state index contributed by atoms with van der Waals surface area (Å²) >= 11 is 3.43. The van der Waals surface area contributed by atoms with Crippen LogP contribution in [0.1, 0.15) is 18.2 Å². The summed E-state index contributed by atoms with van der Waals surface area (Å²) in [4.78, 5) is 23.0. The predicted molar refractivity (Wildman–Crippen MR) is 113 cm³/mol. The molecule has 3 rings (SSSR count). The number of rotatable bonds is 6. The number of aromatic nitrogens is 2. The zero-order valence-electron chi connectivity index (χ0n) is 16.0. The fraction of sp³-hybridized carbons (Fsp3) is 0.200. The van der Waals surface area contributed by atoms with Crippen molar-refractivity contribution >= 4 is 33.3 Å². The normalized spacial score (nSPS) is 11.7. The van der Waals surface area contributed by atoms with Crippen molar-refractivity contribution < 1.29 is 14.5 Å². The number of nitrogens with one attached hydrogen (secondary N) is 1. The Morgan fingerprint density at radius 2 is 1.90 bits per heavy atom. The van der Waals surface area contributed by atoms with Crippen molar-refractivity contribution in [2.24, 2.45) is 0 Å². The van der Waals surface area contributed by atoms with Crippen molar-refractivity contribution in [2.45, 2.75) is 26.9 Å². The summed E-state index contributed by atoms with van der Waals surface area (Å²) in [6.45, 7) is 5.41. The standard InChI is InChI=1S/C20H19BrN4O4/c1-12-4-9-18(17(21)10-12)29-14(3)20(26)22-19-11-13(2)23-24(19)15-5-7-16(8-6-15)25(27)28/h4-11,14H,1-3H3,(H,22,26). The Kier molecular flexibility index (Phi) is 5.97. The van der Waals surface area contributed by atoms with E-state index in [2.05, 4.69) is 26.3 Å². The first kappa shape index (κ1) is 20.5. The van der Waals surface area contributed by atoms with E-state index in [1.165, 1.54) is 16.8 Å². The Morgan fingerprint density at radius 1 is 1.21 bits per heavy atom. The molecule has 1 N–H and O–H groups in total. The second-order valence-electron chi connectivity index (χ2n) is 6.54. The number of hydrogen-bond donors (Lipinski definition) is 1. The zero-order chi connectivity index (χ0) is 21.1. The second kappa shape index (κ2) is 8.44. The van der Waals surface area contributed by atoms with E-state index in [-0.39, 0.29) is 11.6 Å². The summed E-state index contributed by atoms with van der Waals surface area (Å²) in [6.07, 6.45) is -0.755. The first-order valence-corrected chi connectivity index (χ1v) is 9.59. The molecule has 8 nitrogen and oxygen atoms in total. The van der Waals surface area contributed by atoms with Gasteiger partial charge in [0.15, 0.2) is 6.10 Å². The maximum atomic E-state index is 12.6. The summed E-state index contributed by atoms with van der Waals surface area (Å²) in [6, 6.07) is 13.2. The Morgan fingerprint density at radius 3 is 2.52 bits per heavy atom. The highest BCUT2D eigenvalue weighted by molar-refractivity contribution is 9.10. The third kappa shape index (κ3) is 4.80. The molecule has 1 atom stereocenters. The number of ether oxygens (including phenoxy) is 1. The number of non-ortho nitro benzene ring substituents is 1. The monoisotopic (exact) mass is 458 g/mol. The molecule has 0 saturated heterocycles. The molecule has 0 aliphatic rings. The van der Waals surface area contributed by atoms with Gasteiger partial charge in [0.2, 0.25) is 0 Å². The van der Waals surface area contributed by atoms with Crippen LogP contribution in [0, 0.1) is 24.0 Å². The fourth-order valence-corrected chi connectivity index (χ4v) is 3.26. The van der Waals surface area contributed by atoms with E-state index in [1.807, 2.05) is 19.1 Å². The first-order chi connectivity index (χ1) is 13.7. The summed E-state index contributed by atoms with van der Waals surface area (Å²) in [5.74, 6) is 0.665. The molecule has 9 heteroatoms. The van der Waals surface area contributed by atoms with Crippen molar-refractivity contribution in [2.75, 3.05) is 5.32 Å². The lowest BCUT2D eigenvalue weighted by molar-refractivity contribution is -0.384. The first-order valence-electron chi connectivity index (χ1n) is 8.80. The van der Waals surface area contributed by atoms with Crippen molar-refractivity contribution in [3.05, 3.63) is 74.4 Å². The Labute approximate surface area is 175 Å². The molecule has 1 heterocycles. The van der Waals surface area contributed by atoms with Crippen LogP contribution in [0.4, 0.5) is 11.5 Å². The number of nitro groups is 1. The molecule has 2 aromatic carbocycles. The summed E-state index contributed by atoms with van der Waals surface area (Å²) in [5.41, 5.74) is 2.33. The highest BCUT2D eigenvalue weighted by Gasteiger charge is 2.19. The van der Waals surface area contributed by atoms with Crippen LogP contribution in [0.5, 0.6) is 5.75 Å². The molecule has 0 radical (unpaired) electrons. The third-order valence-electron chi connectivity index (χ3n) is 4.15. The number of nitro benzene ring substituents is 1. The molecule has 150 valence electrons. The van der Waals surface area contributed by atoms with Gasteiger partial charge in [-0.3, -0.25) is 14.9 Å². The van der Waals surface area contributed by atoms with Gasteiger partial charge in [-0.1, -0.05) is 6.07 Å². The number of halogens is 1. The van der Waals surface area contributed by atoms with Crippen LogP contribution in [0.2, 0.25) is 0 Å². The number of benzene rings is 2. The fourth-order valence-electron chi connectivity index (χ4n) is 2.67. The molecule has 0 fully saturated rings. The number of nitrogens with zero attached hydrogens (tertiary/aromatic N) is 3. The molecule has 0 spiro atoms. The van der Waals surface area contributed by atoms with Crippen LogP contribution in [0.25, 0.3) is 5.69 Å². The van der Waals surface area contributed by atoms with Gasteiger partial charge >= 0.3 is 0 Å². The van der Waals surface area contributed by atoms with Gasteiger partial charge in [0.05, 0.1) is 20.8 Å². The molecule has 0 aliphatic carbocycles. The average Bonchev–Trinajstić information content (AvgIpc) is 3.04. The lowest BCUT2D eigenvalue weighted by Crippen LogP contribution is -2.31. The molecule has 3 aromatic rings. The Bertz CT molecular complexity index is 1060. The maximum Gasteiger partial charge on any atom is 0.269 e. The molecule has 1 aromatic heterocycles. The van der Waals surface area contributed by atoms with Gasteiger partial charge in [0.1, 0.15) is 11.6 Å². The minimum atomic E-state index is -0.755. The van der Waals surface area contributed by atoms with Crippen molar-refractivity contribution in [1.82, 2.24) is 9.78 Å². The molecule has 1 unspecified atom stereocenters. The number of hydrogen-bond acceptors (Lipinski definition) is 5. The minimum Gasteiger partial charge on any atom is -0.480 e. The van der Waals surface area contributed by atoms with E-state index >= 15 is 0 Å². The van der Waals surface area contributed by atoms with E-state index < -0.39 is 11.0 Å². The SMILES string of the molecule is Cc1ccc(OC(C)C(=O)Nc2cc(C)nn2-c2ccc([N+](=O)[O-])cc2)c(Br)c1. The number of carbonyl (C=O) groups is 1. The van der Waals surface area contributed by atoms with E-state index in [0.29, 0.717) is 22.9 Å². The topological polar surface area (TPSA) is 99.3 Å². The highest BCUT2D eigenvalue weighted by atomic mass is 79.9. The van der Waals surface area contributed by atoms with E-state index in [0.717, 1.165) is 10.0 Å². The Balaban J connectivity index is 1.77. The smallest absolute Gasteiger partial charge is 0.269 e. The largest absolute Gasteiger partial charge is 0.480 e. The van der Waals surface area contributed by atoms with Crippen LogP contribution in [-0.4, -0.2) is 26.7 Å². The van der Waals surface area contributed by atoms with Gasteiger partial charge < -0.3 is 10.1 Å². The van der Waals surface area contributed by atoms with Gasteiger partial charge in [-0.05, 0) is 66.5 Å². The van der Waals surface area contributed by atoms with Gasteiger partial charge in [-0.15, -0.1) is 0 Å². The highest BCUT2D eigenvalue weighted by Crippen LogP contribution is 2.27. The van der Waals surface area contributed by atoms with Crippen LogP contribution in [0.15, 0.2) is 53.0 Å². The van der Waals surface area contributed by atoms with Crippen molar-refractivity contribution in [3.63, 3.8) is 0 Å². The van der Waals surface area contributed by atoms with Crippen LogP contribution in [0.3, 0.4) is 0 Å². The van der Waals surface area contributed by atoms with E-state index in [4.69, 9.17) is 4.74 Å². The van der Waals surface area contributed by atoms with Gasteiger partial charge in [-0.2, -0.15) is 5.10 Å². The Hall–Kier alpha value is -3.20. The molecular formula is C20H19BrN4O4. The number of anilines is 1. The maximum absolute atomic E-state index is 12.6. The molecule has 0 saturated carbocycles. The number of carbonyl (C=O) groups excluding carboxylic acids is 1. The van der Waals surface area contributed by atoms with Crippen LogP contribution >= 0.6 is 15.9 Å². The molecule has 0 aliphatic heterocycles. The van der Waals surface area contributed by atoms with Crippen LogP contribution < -0.4 is 10.1 Å². The summed E-state index contributed by atoms with van der Waals surface area (Å²) in [7, 11) is 0. The molecule has 29 heavy (non-hydrogen) atoms. The molecule has 0 bridgehead atoms. The average molecular weight is 459 g/mol. The number of amides is 1. The molecular weight excluding hydrogens is 440 g/mol. The van der Waals surface area contributed by atoms with Crippen LogP contribution in [-0.2, 0) is 4.79 Å². The lowest BCUT2D eigenvalue weighted by atomic mass is 10.2. The van der Waals surface area contributed by atoms with E-state index in [1.54, 1.807) is 38.1 Å². The second-order valence-corrected chi connectivity index (χ2v) is 7.39. The van der Waals surface area contributed by atoms with E-state index in [9.17, 15) is 14.9 Å². The summed E-state index contributed by atoms with van der Waals surface area (Å²) < 4.78 is 8.05. The number of aryl methyl sites for hydroxylation is 2. The van der Waals surface area contributed by atoms with Gasteiger partial charge in [-0.25, -0.2) is 4.68 Å². The van der Waals surface area contributed by atoms with Crippen molar-refractivity contribution in [1.29, 1.82) is 0 Å². The quantitative estimate of drug-likeness (QED) is 0.430. The summed E-state index contributed by atoms with van der Waals surface area (Å²) in [5, 5.41) is 18.0. The molecule has 1 amide bonds. The van der Waals surface area contributed by atoms with Gasteiger partial charge in [0, 0.05) is 18.2 Å². The van der Waals surface area contributed by atoms with Crippen molar-refractivity contribution in [3.8, 4) is 11.4 Å². The zero-order valence-corrected chi connectivity index (χ0v) is 17.6.